The molecule has 41 heavy (non-hydrogen) atoms. The molecule has 7 nitrogen and oxygen atoms in total. The van der Waals surface area contributed by atoms with Gasteiger partial charge in [-0.3, -0.25) is 9.93 Å². The first-order chi connectivity index (χ1) is 19.7. The Labute approximate surface area is 245 Å². The molecule has 0 spiro atoms. The Kier molecular flexibility index (Phi) is 8.61. The molecule has 0 bridgehead atoms. The molecule has 0 aromatic heterocycles. The van der Waals surface area contributed by atoms with Gasteiger partial charge in [-0.1, -0.05) is 30.3 Å². The topological polar surface area (TPSA) is 79.1 Å². The number of amides is 1. The number of nitrogens with two attached hydrogens (primary N) is 1. The van der Waals surface area contributed by atoms with Crippen molar-refractivity contribution in [2.24, 2.45) is 11.1 Å². The summed E-state index contributed by atoms with van der Waals surface area (Å²) in [5, 5.41) is 5.89. The van der Waals surface area contributed by atoms with Crippen LogP contribution >= 0.6 is 0 Å². The fourth-order valence-electron chi connectivity index (χ4n) is 6.26. The molecule has 2 heterocycles. The second-order valence-corrected chi connectivity index (χ2v) is 13.3. The van der Waals surface area contributed by atoms with Crippen LogP contribution in [0.25, 0.3) is 0 Å². The van der Waals surface area contributed by atoms with E-state index in [-0.39, 0.29) is 5.91 Å². The van der Waals surface area contributed by atoms with Gasteiger partial charge in [0.25, 0.3) is 5.91 Å². The fraction of sp³-hybridized carbons (Fsp3) is 0.394. The van der Waals surface area contributed by atoms with Crippen LogP contribution in [0, 0.1) is 19.8 Å². The van der Waals surface area contributed by atoms with E-state index in [1.807, 2.05) is 42.2 Å². The number of nitrogens with zero attached hydrogens (tertiary/aromatic N) is 3. The Balaban J connectivity index is 1.23. The maximum Gasteiger partial charge on any atom is 0.254 e. The Bertz CT molecular complexity index is 1500. The average Bonchev–Trinajstić information content (AvgIpc) is 2.98. The minimum absolute atomic E-state index is 0.0856. The minimum atomic E-state index is -2.83. The smallest absolute Gasteiger partial charge is 0.254 e. The summed E-state index contributed by atoms with van der Waals surface area (Å²) in [6.07, 6.45) is 3.21. The first-order valence-electron chi connectivity index (χ1n) is 14.4. The Hall–Kier alpha value is -3.49. The number of para-hydroxylation sites is 3. The number of piperazine rings is 1. The highest BCUT2D eigenvalue weighted by Crippen LogP contribution is 2.33. The molecule has 1 unspecified atom stereocenters. The number of piperidine rings is 1. The number of carbonyl (C=O) groups is 1. The lowest BCUT2D eigenvalue weighted by molar-refractivity contribution is 0.0745. The zero-order valence-electron chi connectivity index (χ0n) is 24.5. The number of hydrogen-bond donors (Lipinski definition) is 1. The van der Waals surface area contributed by atoms with Crippen molar-refractivity contribution < 1.29 is 13.7 Å². The Morgan fingerprint density at radius 3 is 2.17 bits per heavy atom. The van der Waals surface area contributed by atoms with E-state index in [1.54, 1.807) is 13.2 Å². The van der Waals surface area contributed by atoms with Crippen LogP contribution in [0.4, 0.5) is 11.4 Å². The molecule has 3 aromatic carbocycles. The van der Waals surface area contributed by atoms with Crippen LogP contribution in [0.1, 0.15) is 39.9 Å². The molecule has 0 saturated carbocycles. The standard InChI is InChI=1S/C33H42N4O3S/c1-24-21-25(2)28(23-27(24)22-26-13-15-35(16-14-26)29-9-5-7-11-31(29)40-3)33(38)37-19-17-36(18-20-37)30-10-6-8-12-32(30)41(4,34)39/h5-12,21,23,26H,4,13-20,22H2,1-3H3,(H2,34,39). The van der Waals surface area contributed by atoms with Crippen LogP contribution in [0.15, 0.2) is 65.6 Å². The number of anilines is 2. The number of ether oxygens (including phenoxy) is 1. The highest BCUT2D eigenvalue weighted by atomic mass is 32.2. The Morgan fingerprint density at radius 1 is 0.902 bits per heavy atom. The minimum Gasteiger partial charge on any atom is -0.495 e. The molecule has 2 fully saturated rings. The quantitative estimate of drug-likeness (QED) is 0.415. The predicted octanol–water partition coefficient (Wildman–Crippen LogP) is 4.68. The van der Waals surface area contributed by atoms with E-state index in [9.17, 15) is 9.00 Å². The van der Waals surface area contributed by atoms with Gasteiger partial charge in [0.2, 0.25) is 0 Å². The molecule has 8 heteroatoms. The molecule has 2 saturated heterocycles. The molecule has 3 aromatic rings. The second kappa shape index (κ2) is 12.2. The van der Waals surface area contributed by atoms with Crippen LogP contribution in [-0.2, 0) is 16.1 Å². The van der Waals surface area contributed by atoms with Crippen LogP contribution < -0.4 is 19.7 Å². The molecule has 2 aliphatic rings. The molecule has 1 amide bonds. The van der Waals surface area contributed by atoms with E-state index in [2.05, 4.69) is 46.9 Å². The number of hydrogen-bond acceptors (Lipinski definition) is 5. The molecule has 0 radical (unpaired) electrons. The summed E-state index contributed by atoms with van der Waals surface area (Å²) in [7, 11) is -1.10. The molecular formula is C33H42N4O3S. The monoisotopic (exact) mass is 574 g/mol. The van der Waals surface area contributed by atoms with Crippen molar-refractivity contribution in [1.29, 1.82) is 0 Å². The summed E-state index contributed by atoms with van der Waals surface area (Å²) in [5.74, 6) is 5.27. The van der Waals surface area contributed by atoms with Gasteiger partial charge < -0.3 is 19.4 Å². The highest BCUT2D eigenvalue weighted by Gasteiger charge is 2.27. The lowest BCUT2D eigenvalue weighted by Crippen LogP contribution is -2.49. The predicted molar refractivity (Wildman–Crippen MR) is 170 cm³/mol. The average molecular weight is 575 g/mol. The van der Waals surface area contributed by atoms with Crippen LogP contribution in [-0.4, -0.2) is 67.3 Å². The van der Waals surface area contributed by atoms with E-state index in [0.29, 0.717) is 37.0 Å². The maximum absolute atomic E-state index is 13.7. The number of carbonyl (C=O) groups excluding carboxylic acids is 1. The van der Waals surface area contributed by atoms with Gasteiger partial charge in [0.05, 0.1) is 33.1 Å². The fourth-order valence-corrected chi connectivity index (χ4v) is 7.12. The van der Waals surface area contributed by atoms with Crippen molar-refractivity contribution in [1.82, 2.24) is 4.90 Å². The van der Waals surface area contributed by atoms with E-state index >= 15 is 0 Å². The van der Waals surface area contributed by atoms with Crippen LogP contribution in [0.2, 0.25) is 0 Å². The van der Waals surface area contributed by atoms with Crippen molar-refractivity contribution in [2.45, 2.75) is 38.0 Å². The van der Waals surface area contributed by atoms with Crippen LogP contribution in [0.3, 0.4) is 0 Å². The SMILES string of the molecule is C=S(N)(=O)c1ccccc1N1CCN(C(=O)c2cc(CC3CCN(c4ccccc4OC)CC3)c(C)cc2C)CC1. The van der Waals surface area contributed by atoms with Crippen molar-refractivity contribution in [3.8, 4) is 5.75 Å². The number of aryl methyl sites for hydroxylation is 2. The number of benzene rings is 3. The first kappa shape index (κ1) is 29.0. The third-order valence-electron chi connectivity index (χ3n) is 8.61. The lowest BCUT2D eigenvalue weighted by Gasteiger charge is -2.37. The largest absolute Gasteiger partial charge is 0.495 e. The highest BCUT2D eigenvalue weighted by molar-refractivity contribution is 7.98. The molecule has 218 valence electrons. The summed E-state index contributed by atoms with van der Waals surface area (Å²) >= 11 is 0. The summed E-state index contributed by atoms with van der Waals surface area (Å²) < 4.78 is 18.1. The van der Waals surface area contributed by atoms with Gasteiger partial charge in [0.15, 0.2) is 0 Å². The first-order valence-corrected chi connectivity index (χ1v) is 16.2. The molecular weight excluding hydrogens is 532 g/mol. The van der Waals surface area contributed by atoms with Crippen molar-refractivity contribution in [3.05, 3.63) is 82.9 Å². The van der Waals surface area contributed by atoms with Gasteiger partial charge in [0.1, 0.15) is 5.75 Å². The molecule has 2 aliphatic heterocycles. The van der Waals surface area contributed by atoms with E-state index in [0.717, 1.165) is 54.9 Å². The summed E-state index contributed by atoms with van der Waals surface area (Å²) in [4.78, 5) is 20.8. The van der Waals surface area contributed by atoms with Gasteiger partial charge in [0, 0.05) is 44.8 Å². The third-order valence-corrected chi connectivity index (χ3v) is 9.70. The normalized spacial score (nSPS) is 17.8. The summed E-state index contributed by atoms with van der Waals surface area (Å²) in [6.45, 7) is 8.70. The molecule has 1 atom stereocenters. The zero-order valence-corrected chi connectivity index (χ0v) is 25.3. The van der Waals surface area contributed by atoms with Gasteiger partial charge in [-0.2, -0.15) is 0 Å². The van der Waals surface area contributed by atoms with Gasteiger partial charge in [-0.15, -0.1) is 0 Å². The lowest BCUT2D eigenvalue weighted by atomic mass is 9.86. The number of methoxy groups -OCH3 is 1. The third kappa shape index (κ3) is 6.39. The van der Waals surface area contributed by atoms with E-state index < -0.39 is 9.71 Å². The zero-order chi connectivity index (χ0) is 29.1. The van der Waals surface area contributed by atoms with Crippen molar-refractivity contribution in [2.75, 3.05) is 56.2 Å². The number of rotatable bonds is 7. The van der Waals surface area contributed by atoms with Gasteiger partial charge >= 0.3 is 0 Å². The van der Waals surface area contributed by atoms with Gasteiger partial charge in [-0.25, -0.2) is 4.21 Å². The maximum atomic E-state index is 13.7. The van der Waals surface area contributed by atoms with Crippen LogP contribution in [0.5, 0.6) is 5.75 Å². The van der Waals surface area contributed by atoms with E-state index in [4.69, 9.17) is 9.88 Å². The summed E-state index contributed by atoms with van der Waals surface area (Å²) in [5.41, 5.74) is 6.36. The molecule has 0 aliphatic carbocycles. The van der Waals surface area contributed by atoms with Gasteiger partial charge in [-0.05, 0) is 91.9 Å². The Morgan fingerprint density at radius 2 is 1.51 bits per heavy atom. The van der Waals surface area contributed by atoms with E-state index in [1.165, 1.54) is 16.8 Å². The second-order valence-electron chi connectivity index (χ2n) is 11.4. The van der Waals surface area contributed by atoms with Crippen molar-refractivity contribution in [3.63, 3.8) is 0 Å². The molecule has 5 rings (SSSR count). The molecule has 2 N–H and O–H groups in total. The summed E-state index contributed by atoms with van der Waals surface area (Å²) in [6, 6.07) is 20.0. The van der Waals surface area contributed by atoms with Crippen molar-refractivity contribution >= 4 is 32.9 Å².